The number of nitrogens with two attached hydrogens (primary N) is 1. The second kappa shape index (κ2) is 6.25. The quantitative estimate of drug-likeness (QED) is 0.868. The lowest BCUT2D eigenvalue weighted by Crippen LogP contribution is -2.18. The highest BCUT2D eigenvalue weighted by Crippen LogP contribution is 2.27. The van der Waals surface area contributed by atoms with Crippen LogP contribution in [0.5, 0.6) is 0 Å². The second-order valence-corrected chi connectivity index (χ2v) is 5.66. The smallest absolute Gasteiger partial charge is 0.104 e. The number of nitrogens with zero attached hydrogens (tertiary/aromatic N) is 1. The maximum Gasteiger partial charge on any atom is 0.104 e. The molecule has 0 aromatic heterocycles. The molecule has 2 aromatic rings. The van der Waals surface area contributed by atoms with Crippen LogP contribution in [0.3, 0.4) is 0 Å². The first kappa shape index (κ1) is 14.8. The van der Waals surface area contributed by atoms with Gasteiger partial charge in [-0.2, -0.15) is 0 Å². The van der Waals surface area contributed by atoms with Crippen LogP contribution in [0.2, 0.25) is 5.02 Å². The predicted octanol–water partition coefficient (Wildman–Crippen LogP) is 3.92. The summed E-state index contributed by atoms with van der Waals surface area (Å²) in [4.78, 5) is 2.48. The summed E-state index contributed by atoms with van der Waals surface area (Å²) < 4.78 is 0. The standard InChI is InChI=1S/C16H17ClN2S/c1-11-5-3-4-6-13(11)10-19(2)15-8-7-12(16(18)20)9-14(15)17/h3-9H,10H2,1-2H3,(H2,18,20). The third-order valence-electron chi connectivity index (χ3n) is 3.31. The van der Waals surface area contributed by atoms with E-state index in [0.29, 0.717) is 10.0 Å². The summed E-state index contributed by atoms with van der Waals surface area (Å²) in [5.41, 5.74) is 9.92. The maximum atomic E-state index is 6.32. The van der Waals surface area contributed by atoms with Crippen LogP contribution in [0.15, 0.2) is 42.5 Å². The third-order valence-corrected chi connectivity index (χ3v) is 3.85. The Kier molecular flexibility index (Phi) is 4.63. The lowest BCUT2D eigenvalue weighted by atomic mass is 10.1. The van der Waals surface area contributed by atoms with Gasteiger partial charge < -0.3 is 10.6 Å². The molecular weight excluding hydrogens is 288 g/mol. The Hall–Kier alpha value is -1.58. The molecule has 0 bridgehead atoms. The molecule has 2 rings (SSSR count). The van der Waals surface area contributed by atoms with Gasteiger partial charge >= 0.3 is 0 Å². The van der Waals surface area contributed by atoms with Gasteiger partial charge in [0.2, 0.25) is 0 Å². The summed E-state index contributed by atoms with van der Waals surface area (Å²) >= 11 is 11.3. The minimum absolute atomic E-state index is 0.361. The molecule has 0 unspecified atom stereocenters. The van der Waals surface area contributed by atoms with Crippen LogP contribution in [-0.2, 0) is 6.54 Å². The van der Waals surface area contributed by atoms with Crippen LogP contribution in [0.25, 0.3) is 0 Å². The average molecular weight is 305 g/mol. The Morgan fingerprint density at radius 3 is 2.55 bits per heavy atom. The van der Waals surface area contributed by atoms with E-state index in [1.165, 1.54) is 11.1 Å². The Balaban J connectivity index is 2.23. The molecule has 0 heterocycles. The van der Waals surface area contributed by atoms with E-state index in [1.807, 2.05) is 37.4 Å². The fourth-order valence-electron chi connectivity index (χ4n) is 2.10. The van der Waals surface area contributed by atoms with E-state index in [0.717, 1.165) is 17.8 Å². The van der Waals surface area contributed by atoms with Crippen LogP contribution in [-0.4, -0.2) is 12.0 Å². The lowest BCUT2D eigenvalue weighted by molar-refractivity contribution is 0.914. The topological polar surface area (TPSA) is 29.3 Å². The van der Waals surface area contributed by atoms with Crippen molar-refractivity contribution in [1.82, 2.24) is 0 Å². The molecule has 0 aliphatic heterocycles. The number of hydrogen-bond acceptors (Lipinski definition) is 2. The van der Waals surface area contributed by atoms with Gasteiger partial charge in [-0.3, -0.25) is 0 Å². The van der Waals surface area contributed by atoms with Crippen LogP contribution >= 0.6 is 23.8 Å². The molecule has 2 aromatic carbocycles. The zero-order valence-corrected chi connectivity index (χ0v) is 13.1. The minimum atomic E-state index is 0.361. The zero-order chi connectivity index (χ0) is 14.7. The van der Waals surface area contributed by atoms with E-state index < -0.39 is 0 Å². The molecule has 0 amide bonds. The van der Waals surface area contributed by atoms with Crippen molar-refractivity contribution in [3.05, 3.63) is 64.2 Å². The fourth-order valence-corrected chi connectivity index (χ4v) is 2.55. The molecule has 104 valence electrons. The molecule has 2 nitrogen and oxygen atoms in total. The number of aryl methyl sites for hydroxylation is 1. The summed E-state index contributed by atoms with van der Waals surface area (Å²) in [6.45, 7) is 2.92. The van der Waals surface area contributed by atoms with Crippen molar-refractivity contribution in [1.29, 1.82) is 0 Å². The summed E-state index contributed by atoms with van der Waals surface area (Å²) in [5, 5.41) is 0.659. The monoisotopic (exact) mass is 304 g/mol. The van der Waals surface area contributed by atoms with E-state index >= 15 is 0 Å². The average Bonchev–Trinajstić information content (AvgIpc) is 2.41. The predicted molar refractivity (Wildman–Crippen MR) is 90.6 cm³/mol. The van der Waals surface area contributed by atoms with E-state index in [-0.39, 0.29) is 0 Å². The van der Waals surface area contributed by atoms with Gasteiger partial charge in [-0.1, -0.05) is 48.1 Å². The van der Waals surface area contributed by atoms with Gasteiger partial charge in [-0.15, -0.1) is 0 Å². The van der Waals surface area contributed by atoms with Crippen LogP contribution < -0.4 is 10.6 Å². The maximum absolute atomic E-state index is 6.32. The zero-order valence-electron chi connectivity index (χ0n) is 11.6. The van der Waals surface area contributed by atoms with E-state index in [1.54, 1.807) is 0 Å². The highest BCUT2D eigenvalue weighted by molar-refractivity contribution is 7.80. The molecule has 0 saturated heterocycles. The highest BCUT2D eigenvalue weighted by Gasteiger charge is 2.09. The van der Waals surface area contributed by atoms with E-state index in [2.05, 4.69) is 24.0 Å². The highest BCUT2D eigenvalue weighted by atomic mass is 35.5. The second-order valence-electron chi connectivity index (χ2n) is 4.81. The number of halogens is 1. The van der Waals surface area contributed by atoms with Crippen molar-refractivity contribution in [3.63, 3.8) is 0 Å². The van der Waals surface area contributed by atoms with Crippen LogP contribution in [0.4, 0.5) is 5.69 Å². The van der Waals surface area contributed by atoms with Crippen molar-refractivity contribution in [3.8, 4) is 0 Å². The summed E-state index contributed by atoms with van der Waals surface area (Å²) in [5.74, 6) is 0. The molecule has 20 heavy (non-hydrogen) atoms. The number of hydrogen-bond donors (Lipinski definition) is 1. The number of rotatable bonds is 4. The molecule has 0 fully saturated rings. The van der Waals surface area contributed by atoms with E-state index in [9.17, 15) is 0 Å². The Labute approximate surface area is 130 Å². The van der Waals surface area contributed by atoms with Gasteiger partial charge in [-0.25, -0.2) is 0 Å². The Morgan fingerprint density at radius 2 is 1.95 bits per heavy atom. The van der Waals surface area contributed by atoms with Gasteiger partial charge in [0, 0.05) is 19.2 Å². The van der Waals surface area contributed by atoms with Crippen molar-refractivity contribution in [2.75, 3.05) is 11.9 Å². The molecular formula is C16H17ClN2S. The summed E-state index contributed by atoms with van der Waals surface area (Å²) in [7, 11) is 2.02. The van der Waals surface area contributed by atoms with Crippen molar-refractivity contribution in [2.45, 2.75) is 13.5 Å². The number of benzene rings is 2. The SMILES string of the molecule is Cc1ccccc1CN(C)c1ccc(C(N)=S)cc1Cl. The molecule has 0 aliphatic carbocycles. The Morgan fingerprint density at radius 1 is 1.25 bits per heavy atom. The molecule has 0 atom stereocenters. The minimum Gasteiger partial charge on any atom is -0.389 e. The van der Waals surface area contributed by atoms with Gasteiger partial charge in [0.15, 0.2) is 0 Å². The molecule has 0 spiro atoms. The van der Waals surface area contributed by atoms with Crippen LogP contribution in [0, 0.1) is 6.92 Å². The first-order chi connectivity index (χ1) is 9.49. The molecule has 0 radical (unpaired) electrons. The first-order valence-electron chi connectivity index (χ1n) is 6.34. The molecule has 0 aliphatic rings. The van der Waals surface area contributed by atoms with Crippen molar-refractivity contribution >= 4 is 34.5 Å². The van der Waals surface area contributed by atoms with Gasteiger partial charge in [0.05, 0.1) is 10.7 Å². The van der Waals surface area contributed by atoms with Gasteiger partial charge in [-0.05, 0) is 36.2 Å². The van der Waals surface area contributed by atoms with Crippen molar-refractivity contribution < 1.29 is 0 Å². The van der Waals surface area contributed by atoms with Gasteiger partial charge in [0.25, 0.3) is 0 Å². The normalized spacial score (nSPS) is 10.3. The molecule has 2 N–H and O–H groups in total. The third kappa shape index (κ3) is 3.30. The lowest BCUT2D eigenvalue weighted by Gasteiger charge is -2.22. The first-order valence-corrected chi connectivity index (χ1v) is 7.12. The number of thiocarbonyl (C=S) groups is 1. The van der Waals surface area contributed by atoms with E-state index in [4.69, 9.17) is 29.6 Å². The largest absolute Gasteiger partial charge is 0.389 e. The Bertz CT molecular complexity index is 640. The van der Waals surface area contributed by atoms with Gasteiger partial charge in [0.1, 0.15) is 4.99 Å². The molecule has 0 saturated carbocycles. The summed E-state index contributed by atoms with van der Waals surface area (Å²) in [6.07, 6.45) is 0. The fraction of sp³-hybridized carbons (Fsp3) is 0.188. The number of anilines is 1. The van der Waals surface area contributed by atoms with Crippen LogP contribution in [0.1, 0.15) is 16.7 Å². The summed E-state index contributed by atoms with van der Waals surface area (Å²) in [6, 6.07) is 14.0. The van der Waals surface area contributed by atoms with Crippen molar-refractivity contribution in [2.24, 2.45) is 5.73 Å². The molecule has 4 heteroatoms.